The fraction of sp³-hybridized carbons (Fsp3) is 0.636. The molecule has 1 aliphatic heterocycles. The smallest absolute Gasteiger partial charge is 0.105 e. The highest BCUT2D eigenvalue weighted by atomic mass is 15.2. The lowest BCUT2D eigenvalue weighted by Crippen LogP contribution is -2.53. The summed E-state index contributed by atoms with van der Waals surface area (Å²) in [6.45, 7) is 4.43. The molecule has 0 aromatic carbocycles. The van der Waals surface area contributed by atoms with Gasteiger partial charge in [-0.1, -0.05) is 0 Å². The summed E-state index contributed by atoms with van der Waals surface area (Å²) in [4.78, 5) is 7.86. The van der Waals surface area contributed by atoms with Crippen LogP contribution in [0.25, 0.3) is 0 Å². The van der Waals surface area contributed by atoms with Crippen molar-refractivity contribution in [3.63, 3.8) is 0 Å². The Morgan fingerprint density at radius 2 is 2.47 bits per heavy atom. The molecular weight excluding hydrogens is 188 g/mol. The van der Waals surface area contributed by atoms with Crippen LogP contribution in [-0.2, 0) is 0 Å². The van der Waals surface area contributed by atoms with Crippen molar-refractivity contribution in [3.8, 4) is 0 Å². The van der Waals surface area contributed by atoms with Crippen molar-refractivity contribution in [3.05, 3.63) is 18.3 Å². The van der Waals surface area contributed by atoms with Gasteiger partial charge < -0.3 is 20.1 Å². The van der Waals surface area contributed by atoms with Gasteiger partial charge >= 0.3 is 0 Å². The molecule has 0 spiro atoms. The third-order valence-electron chi connectivity index (χ3n) is 2.95. The lowest BCUT2D eigenvalue weighted by atomic mass is 10.2. The zero-order chi connectivity index (χ0) is 10.7. The van der Waals surface area contributed by atoms with E-state index in [2.05, 4.69) is 40.3 Å². The summed E-state index contributed by atoms with van der Waals surface area (Å²) in [6, 6.07) is 4.70. The van der Waals surface area contributed by atoms with Gasteiger partial charge in [-0.2, -0.15) is 0 Å². The van der Waals surface area contributed by atoms with E-state index in [-0.39, 0.29) is 0 Å². The van der Waals surface area contributed by atoms with Crippen LogP contribution in [0, 0.1) is 0 Å². The summed E-state index contributed by atoms with van der Waals surface area (Å²) in [5.74, 6) is 1.19. The molecule has 84 valence electrons. The van der Waals surface area contributed by atoms with Gasteiger partial charge in [-0.15, -0.1) is 0 Å². The minimum atomic E-state index is 0.567. The highest BCUT2D eigenvalue weighted by Crippen LogP contribution is 2.09. The summed E-state index contributed by atoms with van der Waals surface area (Å²) in [7, 11) is 4.31. The molecule has 1 saturated heterocycles. The Bertz CT molecular complexity index is 283. The number of H-pyrrole nitrogens is 1. The zero-order valence-corrected chi connectivity index (χ0v) is 9.53. The van der Waals surface area contributed by atoms with Crippen LogP contribution < -0.4 is 10.2 Å². The summed E-state index contributed by atoms with van der Waals surface area (Å²) in [5.41, 5.74) is 0. The lowest BCUT2D eigenvalue weighted by molar-refractivity contribution is 0.241. The van der Waals surface area contributed by atoms with Gasteiger partial charge in [0.15, 0.2) is 0 Å². The van der Waals surface area contributed by atoms with Gasteiger partial charge in [0, 0.05) is 45.5 Å². The molecule has 1 aliphatic rings. The molecule has 4 heteroatoms. The van der Waals surface area contributed by atoms with Crippen LogP contribution in [0.1, 0.15) is 0 Å². The predicted molar refractivity (Wildman–Crippen MR) is 63.4 cm³/mol. The molecule has 2 rings (SSSR count). The van der Waals surface area contributed by atoms with Gasteiger partial charge in [-0.25, -0.2) is 0 Å². The number of aromatic amines is 1. The summed E-state index contributed by atoms with van der Waals surface area (Å²) in [6.07, 6.45) is 1.96. The number of piperazine rings is 1. The van der Waals surface area contributed by atoms with Crippen LogP contribution in [0.2, 0.25) is 0 Å². The topological polar surface area (TPSA) is 34.3 Å². The zero-order valence-electron chi connectivity index (χ0n) is 9.53. The van der Waals surface area contributed by atoms with E-state index in [4.69, 9.17) is 0 Å². The molecule has 15 heavy (non-hydrogen) atoms. The Morgan fingerprint density at radius 3 is 3.13 bits per heavy atom. The van der Waals surface area contributed by atoms with Crippen LogP contribution in [0.3, 0.4) is 0 Å². The van der Waals surface area contributed by atoms with E-state index in [1.807, 2.05) is 12.3 Å². The van der Waals surface area contributed by atoms with Crippen LogP contribution in [0.5, 0.6) is 0 Å². The van der Waals surface area contributed by atoms with Gasteiger partial charge in [-0.3, -0.25) is 0 Å². The van der Waals surface area contributed by atoms with E-state index in [0.29, 0.717) is 6.04 Å². The number of aromatic nitrogens is 1. The summed E-state index contributed by atoms with van der Waals surface area (Å²) < 4.78 is 0. The van der Waals surface area contributed by atoms with Crippen LogP contribution in [0.4, 0.5) is 5.82 Å². The van der Waals surface area contributed by atoms with Gasteiger partial charge in [0.2, 0.25) is 0 Å². The van der Waals surface area contributed by atoms with E-state index in [1.54, 1.807) is 0 Å². The van der Waals surface area contributed by atoms with E-state index in [0.717, 1.165) is 26.2 Å². The minimum absolute atomic E-state index is 0.567. The molecule has 0 bridgehead atoms. The van der Waals surface area contributed by atoms with Crippen LogP contribution in [0.15, 0.2) is 18.3 Å². The van der Waals surface area contributed by atoms with Crippen molar-refractivity contribution in [1.29, 1.82) is 0 Å². The van der Waals surface area contributed by atoms with E-state index in [9.17, 15) is 0 Å². The van der Waals surface area contributed by atoms with Crippen molar-refractivity contribution >= 4 is 5.82 Å². The predicted octanol–water partition coefficient (Wildman–Crippen LogP) is 0.354. The number of likely N-dealkylation sites (N-methyl/N-ethyl adjacent to an activating group) is 2. The van der Waals surface area contributed by atoms with Crippen LogP contribution >= 0.6 is 0 Å². The molecule has 1 fully saturated rings. The maximum absolute atomic E-state index is 3.55. The van der Waals surface area contributed by atoms with E-state index >= 15 is 0 Å². The fourth-order valence-electron chi connectivity index (χ4n) is 2.10. The monoisotopic (exact) mass is 208 g/mol. The quantitative estimate of drug-likeness (QED) is 0.752. The first-order valence-corrected chi connectivity index (χ1v) is 5.52. The van der Waals surface area contributed by atoms with Crippen molar-refractivity contribution in [2.24, 2.45) is 0 Å². The molecule has 4 nitrogen and oxygen atoms in total. The van der Waals surface area contributed by atoms with Gasteiger partial charge in [-0.05, 0) is 19.2 Å². The molecule has 2 heterocycles. The fourth-order valence-corrected chi connectivity index (χ4v) is 2.10. The third kappa shape index (κ3) is 2.73. The molecule has 1 atom stereocenters. The van der Waals surface area contributed by atoms with Crippen molar-refractivity contribution in [1.82, 2.24) is 15.2 Å². The van der Waals surface area contributed by atoms with Crippen molar-refractivity contribution in [2.45, 2.75) is 6.04 Å². The van der Waals surface area contributed by atoms with Crippen molar-refractivity contribution in [2.75, 3.05) is 45.2 Å². The normalized spacial score (nSPS) is 22.9. The molecule has 0 amide bonds. The molecule has 1 aromatic heterocycles. The molecule has 0 aliphatic carbocycles. The first kappa shape index (κ1) is 10.5. The van der Waals surface area contributed by atoms with Crippen LogP contribution in [-0.4, -0.2) is 56.2 Å². The van der Waals surface area contributed by atoms with E-state index in [1.165, 1.54) is 5.82 Å². The largest absolute Gasteiger partial charge is 0.360 e. The first-order chi connectivity index (χ1) is 7.25. The molecule has 1 unspecified atom stereocenters. The highest BCUT2D eigenvalue weighted by molar-refractivity contribution is 5.37. The number of hydrogen-bond donors (Lipinski definition) is 2. The molecule has 1 aromatic rings. The Kier molecular flexibility index (Phi) is 3.28. The van der Waals surface area contributed by atoms with Gasteiger partial charge in [0.25, 0.3) is 0 Å². The average molecular weight is 208 g/mol. The second kappa shape index (κ2) is 4.68. The molecule has 0 radical (unpaired) electrons. The number of anilines is 1. The Labute approximate surface area is 91.3 Å². The highest BCUT2D eigenvalue weighted by Gasteiger charge is 2.17. The Hall–Kier alpha value is -1.00. The van der Waals surface area contributed by atoms with Gasteiger partial charge in [0.05, 0.1) is 0 Å². The average Bonchev–Trinajstić information content (AvgIpc) is 2.70. The second-order valence-electron chi connectivity index (χ2n) is 4.35. The number of hydrogen-bond acceptors (Lipinski definition) is 3. The van der Waals surface area contributed by atoms with Crippen molar-refractivity contribution < 1.29 is 0 Å². The standard InChI is InChI=1S/C11H20N4/c1-14-7-6-12-10(8-14)9-15(2)11-4-3-5-13-11/h3-5,10,12-13H,6-9H2,1-2H3. The first-order valence-electron chi connectivity index (χ1n) is 5.52. The number of rotatable bonds is 3. The van der Waals surface area contributed by atoms with Gasteiger partial charge in [0.1, 0.15) is 5.82 Å². The minimum Gasteiger partial charge on any atom is -0.360 e. The SMILES string of the molecule is CN1CCNC(CN(C)c2ccc[nH]2)C1. The maximum atomic E-state index is 3.55. The molecule has 2 N–H and O–H groups in total. The Balaban J connectivity index is 1.86. The number of nitrogens with zero attached hydrogens (tertiary/aromatic N) is 2. The summed E-state index contributed by atoms with van der Waals surface area (Å²) >= 11 is 0. The van der Waals surface area contributed by atoms with E-state index < -0.39 is 0 Å². The number of nitrogens with one attached hydrogen (secondary N) is 2. The third-order valence-corrected chi connectivity index (χ3v) is 2.95. The second-order valence-corrected chi connectivity index (χ2v) is 4.35. The molecular formula is C11H20N4. The Morgan fingerprint density at radius 1 is 1.60 bits per heavy atom. The molecule has 0 saturated carbocycles. The summed E-state index contributed by atoms with van der Waals surface area (Å²) in [5, 5.41) is 3.55. The maximum Gasteiger partial charge on any atom is 0.105 e. The lowest BCUT2D eigenvalue weighted by Gasteiger charge is -2.33.